The number of rotatable bonds is 0. The fourth-order valence-electron chi connectivity index (χ4n) is 1.67. The molecule has 0 radical (unpaired) electrons. The van der Waals surface area contributed by atoms with E-state index in [9.17, 15) is 0 Å². The number of benzene rings is 2. The summed E-state index contributed by atoms with van der Waals surface area (Å²) in [6.07, 6.45) is 0. The summed E-state index contributed by atoms with van der Waals surface area (Å²) in [5.74, 6) is 0. The molecule has 0 spiro atoms. The normalized spacial score (nSPS) is 9.60. The molecule has 0 bridgehead atoms. The zero-order chi connectivity index (χ0) is 8.67. The van der Waals surface area contributed by atoms with Crippen molar-refractivity contribution < 1.29 is 4.42 Å². The predicted molar refractivity (Wildman–Crippen MR) is 68.2 cm³/mol. The highest BCUT2D eigenvalue weighted by atomic mass is 35.5. The largest absolute Gasteiger partial charge is 0.456 e. The molecular formula is C12H10Cl2O. The van der Waals surface area contributed by atoms with Gasteiger partial charge in [-0.25, -0.2) is 0 Å². The summed E-state index contributed by atoms with van der Waals surface area (Å²) < 4.78 is 5.65. The van der Waals surface area contributed by atoms with Crippen LogP contribution < -0.4 is 0 Å². The van der Waals surface area contributed by atoms with Gasteiger partial charge in [0.1, 0.15) is 11.2 Å². The molecule has 0 N–H and O–H groups in total. The van der Waals surface area contributed by atoms with E-state index < -0.39 is 0 Å². The molecule has 3 heteroatoms. The van der Waals surface area contributed by atoms with Gasteiger partial charge in [0.05, 0.1) is 0 Å². The first-order valence-corrected chi connectivity index (χ1v) is 4.31. The Kier molecular flexibility index (Phi) is 3.61. The Morgan fingerprint density at radius 1 is 0.600 bits per heavy atom. The van der Waals surface area contributed by atoms with E-state index in [0.717, 1.165) is 11.2 Å². The molecule has 0 fully saturated rings. The second kappa shape index (κ2) is 4.56. The van der Waals surface area contributed by atoms with Crippen LogP contribution in [-0.2, 0) is 0 Å². The standard InChI is InChI=1S/C12H8O.2ClH/c1-3-7-11-9(5-1)10-6-2-4-8-12(10)13-11;;/h1-8H;2*1H. The molecule has 3 rings (SSSR count). The molecule has 1 heterocycles. The fourth-order valence-corrected chi connectivity index (χ4v) is 1.67. The van der Waals surface area contributed by atoms with Crippen molar-refractivity contribution in [3.63, 3.8) is 0 Å². The van der Waals surface area contributed by atoms with Crippen molar-refractivity contribution in [1.29, 1.82) is 0 Å². The van der Waals surface area contributed by atoms with E-state index in [0.29, 0.717) is 0 Å². The summed E-state index contributed by atoms with van der Waals surface area (Å²) in [7, 11) is 0. The Morgan fingerprint density at radius 3 is 1.47 bits per heavy atom. The van der Waals surface area contributed by atoms with E-state index in [1.165, 1.54) is 10.8 Å². The molecule has 0 unspecified atom stereocenters. The van der Waals surface area contributed by atoms with Crippen LogP contribution >= 0.6 is 24.8 Å². The topological polar surface area (TPSA) is 13.1 Å². The van der Waals surface area contributed by atoms with E-state index in [2.05, 4.69) is 12.1 Å². The van der Waals surface area contributed by atoms with Crippen molar-refractivity contribution in [2.75, 3.05) is 0 Å². The summed E-state index contributed by atoms with van der Waals surface area (Å²) in [6, 6.07) is 16.2. The minimum absolute atomic E-state index is 0. The molecule has 0 atom stereocenters. The third kappa shape index (κ3) is 1.81. The van der Waals surface area contributed by atoms with E-state index in [4.69, 9.17) is 4.42 Å². The van der Waals surface area contributed by atoms with Crippen molar-refractivity contribution in [3.8, 4) is 0 Å². The van der Waals surface area contributed by atoms with Gasteiger partial charge in [-0.3, -0.25) is 0 Å². The van der Waals surface area contributed by atoms with Crippen LogP contribution in [0.3, 0.4) is 0 Å². The maximum Gasteiger partial charge on any atom is 0.135 e. The van der Waals surface area contributed by atoms with Gasteiger partial charge in [-0.2, -0.15) is 0 Å². The van der Waals surface area contributed by atoms with Crippen LogP contribution in [0.5, 0.6) is 0 Å². The summed E-state index contributed by atoms with van der Waals surface area (Å²) in [5, 5.41) is 2.39. The van der Waals surface area contributed by atoms with Crippen LogP contribution in [0.4, 0.5) is 0 Å². The maximum atomic E-state index is 5.65. The minimum atomic E-state index is 0. The quantitative estimate of drug-likeness (QED) is 0.567. The van der Waals surface area contributed by atoms with Crippen molar-refractivity contribution in [2.24, 2.45) is 0 Å². The molecule has 0 aliphatic heterocycles. The van der Waals surface area contributed by atoms with Crippen molar-refractivity contribution in [1.82, 2.24) is 0 Å². The third-order valence-corrected chi connectivity index (χ3v) is 2.28. The minimum Gasteiger partial charge on any atom is -0.456 e. The zero-order valence-corrected chi connectivity index (χ0v) is 9.48. The van der Waals surface area contributed by atoms with Crippen LogP contribution in [0.15, 0.2) is 52.9 Å². The molecule has 0 aliphatic rings. The second-order valence-electron chi connectivity index (χ2n) is 3.09. The number of hydrogen-bond donors (Lipinski definition) is 0. The monoisotopic (exact) mass is 240 g/mol. The highest BCUT2D eigenvalue weighted by molar-refractivity contribution is 6.04. The van der Waals surface area contributed by atoms with Crippen molar-refractivity contribution >= 4 is 46.8 Å². The molecule has 1 aromatic heterocycles. The molecule has 3 aromatic rings. The van der Waals surface area contributed by atoms with E-state index in [-0.39, 0.29) is 24.8 Å². The lowest BCUT2D eigenvalue weighted by molar-refractivity contribution is 0.669. The SMILES string of the molecule is Cl.Cl.c1ccc2c(c1)oc1ccccc12. The first-order valence-electron chi connectivity index (χ1n) is 4.31. The van der Waals surface area contributed by atoms with Gasteiger partial charge in [-0.15, -0.1) is 24.8 Å². The van der Waals surface area contributed by atoms with Gasteiger partial charge in [-0.05, 0) is 12.1 Å². The zero-order valence-electron chi connectivity index (χ0n) is 7.84. The number of hydrogen-bond acceptors (Lipinski definition) is 1. The fraction of sp³-hybridized carbons (Fsp3) is 0. The van der Waals surface area contributed by atoms with Crippen LogP contribution in [-0.4, -0.2) is 0 Å². The van der Waals surface area contributed by atoms with Gasteiger partial charge < -0.3 is 4.42 Å². The number of furan rings is 1. The van der Waals surface area contributed by atoms with E-state index >= 15 is 0 Å². The molecule has 0 saturated heterocycles. The maximum absolute atomic E-state index is 5.65. The second-order valence-corrected chi connectivity index (χ2v) is 3.09. The van der Waals surface area contributed by atoms with Gasteiger partial charge in [0.15, 0.2) is 0 Å². The number of halogens is 2. The molecule has 0 aliphatic carbocycles. The Hall–Kier alpha value is -1.18. The lowest BCUT2D eigenvalue weighted by atomic mass is 10.2. The number of para-hydroxylation sites is 2. The molecule has 15 heavy (non-hydrogen) atoms. The Bertz CT molecular complexity index is 521. The first-order chi connectivity index (χ1) is 6.45. The molecule has 2 aromatic carbocycles. The van der Waals surface area contributed by atoms with Crippen LogP contribution in [0.2, 0.25) is 0 Å². The Balaban J connectivity index is 0.000000562. The van der Waals surface area contributed by atoms with Crippen molar-refractivity contribution in [3.05, 3.63) is 48.5 Å². The van der Waals surface area contributed by atoms with E-state index in [1.54, 1.807) is 0 Å². The van der Waals surface area contributed by atoms with Crippen LogP contribution in [0, 0.1) is 0 Å². The molecule has 78 valence electrons. The van der Waals surface area contributed by atoms with Crippen LogP contribution in [0.1, 0.15) is 0 Å². The average molecular weight is 241 g/mol. The molecule has 0 amide bonds. The number of fused-ring (bicyclic) bond motifs is 3. The van der Waals surface area contributed by atoms with Gasteiger partial charge in [0, 0.05) is 10.8 Å². The highest BCUT2D eigenvalue weighted by Gasteiger charge is 2.03. The van der Waals surface area contributed by atoms with Gasteiger partial charge in [0.2, 0.25) is 0 Å². The lowest BCUT2D eigenvalue weighted by Gasteiger charge is -1.85. The summed E-state index contributed by atoms with van der Waals surface area (Å²) in [5.41, 5.74) is 1.92. The Labute approximate surface area is 99.9 Å². The summed E-state index contributed by atoms with van der Waals surface area (Å²) in [4.78, 5) is 0. The summed E-state index contributed by atoms with van der Waals surface area (Å²) in [6.45, 7) is 0. The highest BCUT2D eigenvalue weighted by Crippen LogP contribution is 2.27. The van der Waals surface area contributed by atoms with Gasteiger partial charge in [0.25, 0.3) is 0 Å². The average Bonchev–Trinajstić information content (AvgIpc) is 2.56. The Morgan fingerprint density at radius 2 is 1.00 bits per heavy atom. The predicted octanol–water partition coefficient (Wildman–Crippen LogP) is 4.43. The molecule has 1 nitrogen and oxygen atoms in total. The summed E-state index contributed by atoms with van der Waals surface area (Å²) >= 11 is 0. The smallest absolute Gasteiger partial charge is 0.135 e. The molecular weight excluding hydrogens is 231 g/mol. The third-order valence-electron chi connectivity index (χ3n) is 2.28. The van der Waals surface area contributed by atoms with Crippen LogP contribution in [0.25, 0.3) is 21.9 Å². The van der Waals surface area contributed by atoms with Gasteiger partial charge >= 0.3 is 0 Å². The van der Waals surface area contributed by atoms with Gasteiger partial charge in [-0.1, -0.05) is 36.4 Å². The van der Waals surface area contributed by atoms with Crippen molar-refractivity contribution in [2.45, 2.75) is 0 Å². The van der Waals surface area contributed by atoms with E-state index in [1.807, 2.05) is 36.4 Å². The lowest BCUT2D eigenvalue weighted by Crippen LogP contribution is -1.62. The molecule has 0 saturated carbocycles. The first kappa shape index (κ1) is 11.9.